The van der Waals surface area contributed by atoms with Crippen molar-refractivity contribution in [2.24, 2.45) is 0 Å². The van der Waals surface area contributed by atoms with Gasteiger partial charge in [0.05, 0.1) is 0 Å². The predicted octanol–water partition coefficient (Wildman–Crippen LogP) is 3.06. The first kappa shape index (κ1) is 16.5. The van der Waals surface area contributed by atoms with Crippen molar-refractivity contribution in [3.8, 4) is 0 Å². The normalized spacial score (nSPS) is 19.8. The third-order valence-corrected chi connectivity index (χ3v) is 5.31. The van der Waals surface area contributed by atoms with Gasteiger partial charge in [0, 0.05) is 29.8 Å². The molecule has 2 aliphatic heterocycles. The number of hydrogen-bond acceptors (Lipinski definition) is 4. The second-order valence-electron chi connectivity index (χ2n) is 6.80. The summed E-state index contributed by atoms with van der Waals surface area (Å²) in [5.41, 5.74) is 5.02. The zero-order valence-corrected chi connectivity index (χ0v) is 15.0. The molecule has 1 N–H and O–H groups in total. The van der Waals surface area contributed by atoms with Crippen molar-refractivity contribution in [1.29, 1.82) is 0 Å². The minimum absolute atomic E-state index is 0.0311. The average molecular weight is 357 g/mol. The highest BCUT2D eigenvalue weighted by Crippen LogP contribution is 2.34. The summed E-state index contributed by atoms with van der Waals surface area (Å²) >= 11 is 6.35. The fourth-order valence-corrected chi connectivity index (χ4v) is 4.07. The zero-order chi connectivity index (χ0) is 17.4. The molecule has 1 atom stereocenters. The SMILES string of the molecule is Cc1cc(C(=O)N2CCc3cc(Cl)cc(C4CCCN4)c3C2)ncn1. The first-order chi connectivity index (χ1) is 12.1. The minimum Gasteiger partial charge on any atom is -0.333 e. The lowest BCUT2D eigenvalue weighted by Gasteiger charge is -2.31. The molecule has 1 aromatic carbocycles. The molecule has 4 rings (SSSR count). The Hall–Kier alpha value is -1.98. The topological polar surface area (TPSA) is 58.1 Å². The molecule has 25 heavy (non-hydrogen) atoms. The van der Waals surface area contributed by atoms with Crippen LogP contribution in [0, 0.1) is 6.92 Å². The smallest absolute Gasteiger partial charge is 0.272 e. The molecular formula is C19H21ClN4O. The number of rotatable bonds is 2. The van der Waals surface area contributed by atoms with Gasteiger partial charge in [-0.25, -0.2) is 9.97 Å². The number of benzene rings is 1. The Kier molecular flexibility index (Phi) is 4.44. The highest BCUT2D eigenvalue weighted by molar-refractivity contribution is 6.30. The molecule has 3 heterocycles. The van der Waals surface area contributed by atoms with Crippen molar-refractivity contribution in [2.45, 2.75) is 38.8 Å². The van der Waals surface area contributed by atoms with Gasteiger partial charge in [0.15, 0.2) is 0 Å². The lowest BCUT2D eigenvalue weighted by Crippen LogP contribution is -2.37. The van der Waals surface area contributed by atoms with Crippen molar-refractivity contribution in [3.05, 3.63) is 57.6 Å². The Balaban J connectivity index is 1.65. The van der Waals surface area contributed by atoms with E-state index in [-0.39, 0.29) is 5.91 Å². The highest BCUT2D eigenvalue weighted by atomic mass is 35.5. The maximum atomic E-state index is 12.9. The van der Waals surface area contributed by atoms with E-state index >= 15 is 0 Å². The molecule has 1 fully saturated rings. The molecule has 0 saturated carbocycles. The molecule has 0 bridgehead atoms. The van der Waals surface area contributed by atoms with Crippen LogP contribution in [0.1, 0.15) is 51.8 Å². The van der Waals surface area contributed by atoms with Crippen LogP contribution < -0.4 is 5.32 Å². The van der Waals surface area contributed by atoms with Crippen LogP contribution in [0.2, 0.25) is 5.02 Å². The van der Waals surface area contributed by atoms with Crippen LogP contribution in [0.4, 0.5) is 0 Å². The Labute approximate surface area is 152 Å². The minimum atomic E-state index is -0.0311. The van der Waals surface area contributed by atoms with Crippen LogP contribution in [0.3, 0.4) is 0 Å². The second-order valence-corrected chi connectivity index (χ2v) is 7.24. The van der Waals surface area contributed by atoms with Crippen molar-refractivity contribution >= 4 is 17.5 Å². The Bertz CT molecular complexity index is 817. The molecule has 1 aromatic heterocycles. The van der Waals surface area contributed by atoms with E-state index in [2.05, 4.69) is 21.4 Å². The van der Waals surface area contributed by atoms with Gasteiger partial charge in [0.2, 0.25) is 0 Å². The largest absolute Gasteiger partial charge is 0.333 e. The fraction of sp³-hybridized carbons (Fsp3) is 0.421. The molecule has 130 valence electrons. The van der Waals surface area contributed by atoms with E-state index in [1.165, 1.54) is 29.4 Å². The van der Waals surface area contributed by atoms with Crippen molar-refractivity contribution in [1.82, 2.24) is 20.2 Å². The van der Waals surface area contributed by atoms with Crippen LogP contribution in [0.25, 0.3) is 0 Å². The summed E-state index contributed by atoms with van der Waals surface area (Å²) in [4.78, 5) is 23.0. The third-order valence-electron chi connectivity index (χ3n) is 5.09. The summed E-state index contributed by atoms with van der Waals surface area (Å²) in [5, 5.41) is 4.34. The van der Waals surface area contributed by atoms with Gasteiger partial charge in [0.1, 0.15) is 12.0 Å². The van der Waals surface area contributed by atoms with Crippen LogP contribution in [0.5, 0.6) is 0 Å². The van der Waals surface area contributed by atoms with Crippen molar-refractivity contribution in [2.75, 3.05) is 13.1 Å². The molecule has 1 saturated heterocycles. The van der Waals surface area contributed by atoms with Crippen molar-refractivity contribution in [3.63, 3.8) is 0 Å². The number of carbonyl (C=O) groups excluding carboxylic acids is 1. The van der Waals surface area contributed by atoms with Crippen LogP contribution >= 0.6 is 11.6 Å². The van der Waals surface area contributed by atoms with Crippen LogP contribution in [0.15, 0.2) is 24.5 Å². The van der Waals surface area contributed by atoms with Crippen LogP contribution in [-0.4, -0.2) is 33.9 Å². The van der Waals surface area contributed by atoms with E-state index in [0.717, 1.165) is 30.1 Å². The summed E-state index contributed by atoms with van der Waals surface area (Å²) in [6, 6.07) is 6.20. The number of halogens is 1. The molecule has 0 aliphatic carbocycles. The molecule has 1 unspecified atom stereocenters. The number of carbonyl (C=O) groups is 1. The van der Waals surface area contributed by atoms with Gasteiger partial charge in [-0.05, 0) is 67.6 Å². The number of nitrogens with one attached hydrogen (secondary N) is 1. The number of aryl methyl sites for hydroxylation is 1. The summed E-state index contributed by atoms with van der Waals surface area (Å²) < 4.78 is 0. The quantitative estimate of drug-likeness (QED) is 0.898. The number of fused-ring (bicyclic) bond motifs is 1. The monoisotopic (exact) mass is 356 g/mol. The number of hydrogen-bond donors (Lipinski definition) is 1. The van der Waals surface area contributed by atoms with E-state index in [1.54, 1.807) is 6.07 Å². The first-order valence-corrected chi connectivity index (χ1v) is 9.12. The summed E-state index contributed by atoms with van der Waals surface area (Å²) in [7, 11) is 0. The maximum Gasteiger partial charge on any atom is 0.272 e. The van der Waals surface area contributed by atoms with E-state index in [4.69, 9.17) is 11.6 Å². The number of nitrogens with zero attached hydrogens (tertiary/aromatic N) is 3. The Morgan fingerprint density at radius 2 is 2.20 bits per heavy atom. The number of amides is 1. The van der Waals surface area contributed by atoms with Crippen molar-refractivity contribution < 1.29 is 4.79 Å². The van der Waals surface area contributed by atoms with E-state index in [9.17, 15) is 4.79 Å². The Morgan fingerprint density at radius 1 is 1.32 bits per heavy atom. The maximum absolute atomic E-state index is 12.9. The van der Waals surface area contributed by atoms with E-state index < -0.39 is 0 Å². The second kappa shape index (κ2) is 6.73. The summed E-state index contributed by atoms with van der Waals surface area (Å²) in [5.74, 6) is -0.0311. The van der Waals surface area contributed by atoms with E-state index in [1.807, 2.05) is 17.9 Å². The molecule has 0 spiro atoms. The molecule has 2 aliphatic rings. The molecule has 0 radical (unpaired) electrons. The van der Waals surface area contributed by atoms with Gasteiger partial charge in [-0.15, -0.1) is 0 Å². The van der Waals surface area contributed by atoms with Gasteiger partial charge in [-0.2, -0.15) is 0 Å². The third kappa shape index (κ3) is 3.26. The average Bonchev–Trinajstić information content (AvgIpc) is 3.14. The number of aromatic nitrogens is 2. The lowest BCUT2D eigenvalue weighted by atomic mass is 9.90. The molecule has 6 heteroatoms. The van der Waals surface area contributed by atoms with Gasteiger partial charge >= 0.3 is 0 Å². The lowest BCUT2D eigenvalue weighted by molar-refractivity contribution is 0.0727. The van der Waals surface area contributed by atoms with Crippen LogP contribution in [-0.2, 0) is 13.0 Å². The van der Waals surface area contributed by atoms with E-state index in [0.29, 0.717) is 24.8 Å². The highest BCUT2D eigenvalue weighted by Gasteiger charge is 2.28. The fourth-order valence-electron chi connectivity index (χ4n) is 3.83. The van der Waals surface area contributed by atoms with Gasteiger partial charge in [-0.1, -0.05) is 11.6 Å². The van der Waals surface area contributed by atoms with Gasteiger partial charge in [-0.3, -0.25) is 4.79 Å². The molecule has 2 aromatic rings. The van der Waals surface area contributed by atoms with Gasteiger partial charge < -0.3 is 10.2 Å². The zero-order valence-electron chi connectivity index (χ0n) is 14.3. The molecule has 1 amide bonds. The summed E-state index contributed by atoms with van der Waals surface area (Å²) in [6.45, 7) is 4.21. The standard InChI is InChI=1S/C19H21ClN4O/c1-12-7-18(23-11-22-12)19(25)24-6-4-13-8-14(20)9-15(16(13)10-24)17-3-2-5-21-17/h7-9,11,17,21H,2-6,10H2,1H3. The van der Waals surface area contributed by atoms with Gasteiger partial charge in [0.25, 0.3) is 5.91 Å². The summed E-state index contributed by atoms with van der Waals surface area (Å²) in [6.07, 6.45) is 4.57. The Morgan fingerprint density at radius 3 is 2.96 bits per heavy atom. The predicted molar refractivity (Wildman–Crippen MR) is 96.6 cm³/mol. The molecular weight excluding hydrogens is 336 g/mol. The first-order valence-electron chi connectivity index (χ1n) is 8.74. The molecule has 5 nitrogen and oxygen atoms in total.